The predicted octanol–water partition coefficient (Wildman–Crippen LogP) is 2.59. The second-order valence-corrected chi connectivity index (χ2v) is 8.39. The fraction of sp³-hybridized carbons (Fsp3) is 0.538. The number of hydrogen-bond acceptors (Lipinski definition) is 4. The summed E-state index contributed by atoms with van der Waals surface area (Å²) in [5.74, 6) is 0. The van der Waals surface area contributed by atoms with Crippen LogP contribution in [0.4, 0.5) is 0 Å². The molecule has 0 aliphatic carbocycles. The lowest BCUT2D eigenvalue weighted by molar-refractivity contribution is 0.578. The Hall–Kier alpha value is -0.0800. The molecule has 0 aromatic heterocycles. The largest absolute Gasteiger partial charge is 0.316 e. The molecule has 0 heterocycles. The Balaban J connectivity index is 2.77. The van der Waals surface area contributed by atoms with Crippen LogP contribution in [0.1, 0.15) is 18.9 Å². The van der Waals surface area contributed by atoms with Crippen LogP contribution in [0.2, 0.25) is 0 Å². The minimum absolute atomic E-state index is 0.286. The lowest BCUT2D eigenvalue weighted by atomic mass is 10.2. The molecule has 1 atom stereocenters. The lowest BCUT2D eigenvalue weighted by Gasteiger charge is -2.12. The Morgan fingerprint density at radius 2 is 2.10 bits per heavy atom. The highest BCUT2D eigenvalue weighted by Gasteiger charge is 2.17. The maximum atomic E-state index is 12.2. The van der Waals surface area contributed by atoms with E-state index in [-0.39, 0.29) is 4.90 Å². The molecule has 1 aromatic rings. The van der Waals surface area contributed by atoms with E-state index in [0.29, 0.717) is 22.8 Å². The highest BCUT2D eigenvalue weighted by atomic mass is 79.9. The maximum Gasteiger partial charge on any atom is 0.241 e. The van der Waals surface area contributed by atoms with Crippen LogP contribution in [0.15, 0.2) is 27.6 Å². The van der Waals surface area contributed by atoms with Gasteiger partial charge in [-0.15, -0.1) is 0 Å². The van der Waals surface area contributed by atoms with Crippen molar-refractivity contribution in [2.45, 2.75) is 30.0 Å². The third-order valence-electron chi connectivity index (χ3n) is 2.91. The van der Waals surface area contributed by atoms with E-state index in [1.54, 1.807) is 17.8 Å². The Morgan fingerprint density at radius 1 is 1.40 bits per heavy atom. The van der Waals surface area contributed by atoms with Crippen LogP contribution in [0, 0.1) is 0 Å². The molecule has 0 bridgehead atoms. The van der Waals surface area contributed by atoms with Gasteiger partial charge in [0, 0.05) is 22.8 Å². The van der Waals surface area contributed by atoms with Crippen molar-refractivity contribution in [1.82, 2.24) is 10.0 Å². The molecule has 1 unspecified atom stereocenters. The Bertz CT molecular complexity index is 535. The van der Waals surface area contributed by atoms with E-state index in [2.05, 4.69) is 32.9 Å². The van der Waals surface area contributed by atoms with E-state index in [1.165, 1.54) is 0 Å². The lowest BCUT2D eigenvalue weighted by Crippen LogP contribution is -2.26. The fourth-order valence-electron chi connectivity index (χ4n) is 1.67. The molecule has 1 rings (SSSR count). The Kier molecular flexibility index (Phi) is 7.53. The molecular weight excluding hydrogens is 360 g/mol. The quantitative estimate of drug-likeness (QED) is 0.727. The zero-order valence-corrected chi connectivity index (χ0v) is 15.2. The second-order valence-electron chi connectivity index (χ2n) is 4.53. The summed E-state index contributed by atoms with van der Waals surface area (Å²) in [7, 11) is -1.60. The van der Waals surface area contributed by atoms with Crippen LogP contribution in [-0.4, -0.2) is 33.5 Å². The summed E-state index contributed by atoms with van der Waals surface area (Å²) in [6, 6.07) is 5.28. The summed E-state index contributed by atoms with van der Waals surface area (Å²) in [5.41, 5.74) is 1.04. The van der Waals surface area contributed by atoms with Gasteiger partial charge in [-0.2, -0.15) is 11.8 Å². The van der Waals surface area contributed by atoms with E-state index in [9.17, 15) is 8.42 Å². The molecule has 0 saturated carbocycles. The molecule has 0 saturated heterocycles. The molecule has 0 radical (unpaired) electrons. The summed E-state index contributed by atoms with van der Waals surface area (Å²) < 4.78 is 27.7. The van der Waals surface area contributed by atoms with Crippen molar-refractivity contribution < 1.29 is 8.42 Å². The summed E-state index contributed by atoms with van der Waals surface area (Å²) >= 11 is 5.07. The molecule has 0 spiro atoms. The van der Waals surface area contributed by atoms with E-state index < -0.39 is 10.0 Å². The van der Waals surface area contributed by atoms with Crippen LogP contribution in [0.25, 0.3) is 0 Å². The van der Waals surface area contributed by atoms with E-state index in [4.69, 9.17) is 0 Å². The highest BCUT2D eigenvalue weighted by Crippen LogP contribution is 2.23. The smallest absolute Gasteiger partial charge is 0.241 e. The van der Waals surface area contributed by atoms with Crippen molar-refractivity contribution in [3.05, 3.63) is 28.2 Å². The van der Waals surface area contributed by atoms with Gasteiger partial charge in [0.2, 0.25) is 10.0 Å². The molecule has 7 heteroatoms. The molecule has 0 aliphatic rings. The summed E-state index contributed by atoms with van der Waals surface area (Å²) in [6.45, 7) is 3.24. The van der Waals surface area contributed by atoms with Gasteiger partial charge >= 0.3 is 0 Å². The summed E-state index contributed by atoms with van der Waals surface area (Å²) in [4.78, 5) is 0.286. The van der Waals surface area contributed by atoms with Gasteiger partial charge in [0.05, 0.1) is 4.90 Å². The van der Waals surface area contributed by atoms with Gasteiger partial charge in [-0.3, -0.25) is 0 Å². The SMILES string of the molecule is CNCc1ccc(S(=O)(=O)NCCC(C)SC)c(Br)c1. The Labute approximate surface area is 134 Å². The first kappa shape index (κ1) is 18.0. The standard InChI is InChI=1S/C13H21BrN2O2S2/c1-10(19-3)6-7-16-20(17,18)13-5-4-11(9-15-2)8-12(13)14/h4-5,8,10,15-16H,6-7,9H2,1-3H3. The van der Waals surface area contributed by atoms with Crippen LogP contribution < -0.4 is 10.0 Å². The molecular formula is C13H21BrN2O2S2. The van der Waals surface area contributed by atoms with Crippen molar-refractivity contribution in [2.75, 3.05) is 19.8 Å². The average molecular weight is 381 g/mol. The predicted molar refractivity (Wildman–Crippen MR) is 89.7 cm³/mol. The molecule has 2 N–H and O–H groups in total. The van der Waals surface area contributed by atoms with E-state index in [1.807, 2.05) is 25.4 Å². The van der Waals surface area contributed by atoms with Crippen molar-refractivity contribution in [3.63, 3.8) is 0 Å². The average Bonchev–Trinajstić information content (AvgIpc) is 2.38. The van der Waals surface area contributed by atoms with Gasteiger partial charge in [0.15, 0.2) is 0 Å². The first-order chi connectivity index (χ1) is 9.40. The second kappa shape index (κ2) is 8.38. The topological polar surface area (TPSA) is 58.2 Å². The minimum Gasteiger partial charge on any atom is -0.316 e. The van der Waals surface area contributed by atoms with Crippen LogP contribution >= 0.6 is 27.7 Å². The summed E-state index contributed by atoms with van der Waals surface area (Å²) in [5, 5.41) is 3.48. The normalized spacial score (nSPS) is 13.4. The number of nitrogens with one attached hydrogen (secondary N) is 2. The summed E-state index contributed by atoms with van der Waals surface area (Å²) in [6.07, 6.45) is 2.84. The molecule has 114 valence electrons. The van der Waals surface area contributed by atoms with E-state index >= 15 is 0 Å². The van der Waals surface area contributed by atoms with Crippen LogP contribution in [0.3, 0.4) is 0 Å². The zero-order chi connectivity index (χ0) is 15.2. The van der Waals surface area contributed by atoms with Gasteiger partial charge in [-0.1, -0.05) is 13.0 Å². The van der Waals surface area contributed by atoms with Gasteiger partial charge in [-0.05, 0) is 53.4 Å². The molecule has 4 nitrogen and oxygen atoms in total. The number of halogens is 1. The van der Waals surface area contributed by atoms with Gasteiger partial charge in [0.1, 0.15) is 0 Å². The first-order valence-electron chi connectivity index (χ1n) is 6.36. The third-order valence-corrected chi connectivity index (χ3v) is 6.39. The Morgan fingerprint density at radius 3 is 2.65 bits per heavy atom. The number of rotatable bonds is 8. The number of hydrogen-bond donors (Lipinski definition) is 2. The fourth-order valence-corrected chi connectivity index (χ4v) is 4.19. The maximum absolute atomic E-state index is 12.2. The van der Waals surface area contributed by atoms with Crippen LogP contribution in [-0.2, 0) is 16.6 Å². The number of benzene rings is 1. The van der Waals surface area contributed by atoms with Crippen molar-refractivity contribution >= 4 is 37.7 Å². The zero-order valence-electron chi connectivity index (χ0n) is 11.9. The van der Waals surface area contributed by atoms with Crippen molar-refractivity contribution in [2.24, 2.45) is 0 Å². The monoisotopic (exact) mass is 380 g/mol. The van der Waals surface area contributed by atoms with Crippen molar-refractivity contribution in [1.29, 1.82) is 0 Å². The molecule has 0 fully saturated rings. The van der Waals surface area contributed by atoms with E-state index in [0.717, 1.165) is 12.0 Å². The number of thioether (sulfide) groups is 1. The number of sulfonamides is 1. The molecule has 20 heavy (non-hydrogen) atoms. The molecule has 0 amide bonds. The van der Waals surface area contributed by atoms with Gasteiger partial charge in [-0.25, -0.2) is 13.1 Å². The van der Waals surface area contributed by atoms with Gasteiger partial charge < -0.3 is 5.32 Å². The third kappa shape index (κ3) is 5.37. The van der Waals surface area contributed by atoms with Crippen molar-refractivity contribution in [3.8, 4) is 0 Å². The highest BCUT2D eigenvalue weighted by molar-refractivity contribution is 9.10. The molecule has 1 aromatic carbocycles. The first-order valence-corrected chi connectivity index (χ1v) is 9.92. The van der Waals surface area contributed by atoms with Crippen LogP contribution in [0.5, 0.6) is 0 Å². The minimum atomic E-state index is -3.45. The van der Waals surface area contributed by atoms with Gasteiger partial charge in [0.25, 0.3) is 0 Å². The molecule has 0 aliphatic heterocycles.